The van der Waals surface area contributed by atoms with E-state index in [-0.39, 0.29) is 23.8 Å². The minimum Gasteiger partial charge on any atom is -0.507 e. The SMILES string of the molecule is Cc1ccc(C)c(Cc2ccc(O)c(CN)c2O)c1O. The summed E-state index contributed by atoms with van der Waals surface area (Å²) in [6.45, 7) is 3.81. The molecule has 0 bridgehead atoms. The van der Waals surface area contributed by atoms with Gasteiger partial charge in [0.2, 0.25) is 0 Å². The van der Waals surface area contributed by atoms with Gasteiger partial charge in [-0.05, 0) is 36.6 Å². The largest absolute Gasteiger partial charge is 0.507 e. The van der Waals surface area contributed by atoms with E-state index in [1.165, 1.54) is 6.07 Å². The Morgan fingerprint density at radius 1 is 0.850 bits per heavy atom. The van der Waals surface area contributed by atoms with E-state index in [9.17, 15) is 15.3 Å². The molecule has 0 radical (unpaired) electrons. The molecular formula is C16H19NO3. The van der Waals surface area contributed by atoms with Crippen LogP contribution < -0.4 is 5.73 Å². The Morgan fingerprint density at radius 2 is 1.50 bits per heavy atom. The van der Waals surface area contributed by atoms with Gasteiger partial charge >= 0.3 is 0 Å². The van der Waals surface area contributed by atoms with Crippen LogP contribution >= 0.6 is 0 Å². The first kappa shape index (κ1) is 14.2. The average molecular weight is 273 g/mol. The highest BCUT2D eigenvalue weighted by atomic mass is 16.3. The fourth-order valence-electron chi connectivity index (χ4n) is 2.29. The van der Waals surface area contributed by atoms with E-state index in [4.69, 9.17) is 5.73 Å². The number of benzene rings is 2. The van der Waals surface area contributed by atoms with Crippen LogP contribution in [0.2, 0.25) is 0 Å². The van der Waals surface area contributed by atoms with Crippen LogP contribution in [0.1, 0.15) is 27.8 Å². The first-order valence-corrected chi connectivity index (χ1v) is 6.46. The van der Waals surface area contributed by atoms with Crippen molar-refractivity contribution in [1.29, 1.82) is 0 Å². The highest BCUT2D eigenvalue weighted by molar-refractivity contribution is 5.53. The Morgan fingerprint density at radius 3 is 2.15 bits per heavy atom. The van der Waals surface area contributed by atoms with Gasteiger partial charge in [0.15, 0.2) is 0 Å². The maximum atomic E-state index is 10.2. The van der Waals surface area contributed by atoms with Gasteiger partial charge in [0, 0.05) is 24.1 Å². The molecule has 0 aliphatic heterocycles. The third-order valence-corrected chi connectivity index (χ3v) is 3.63. The molecule has 20 heavy (non-hydrogen) atoms. The van der Waals surface area contributed by atoms with Crippen molar-refractivity contribution in [2.24, 2.45) is 5.73 Å². The number of hydrogen-bond donors (Lipinski definition) is 4. The summed E-state index contributed by atoms with van der Waals surface area (Å²) in [4.78, 5) is 0. The fraction of sp³-hybridized carbons (Fsp3) is 0.250. The molecule has 0 unspecified atom stereocenters. The van der Waals surface area contributed by atoms with E-state index in [1.54, 1.807) is 6.07 Å². The van der Waals surface area contributed by atoms with Gasteiger partial charge < -0.3 is 21.1 Å². The van der Waals surface area contributed by atoms with Crippen molar-refractivity contribution in [3.8, 4) is 17.2 Å². The molecule has 0 saturated carbocycles. The second kappa shape index (κ2) is 5.43. The zero-order valence-electron chi connectivity index (χ0n) is 11.6. The average Bonchev–Trinajstić information content (AvgIpc) is 2.42. The molecule has 2 aromatic carbocycles. The lowest BCUT2D eigenvalue weighted by atomic mass is 9.95. The van der Waals surface area contributed by atoms with Gasteiger partial charge in [0.1, 0.15) is 17.2 Å². The van der Waals surface area contributed by atoms with Crippen LogP contribution in [-0.2, 0) is 13.0 Å². The molecule has 4 heteroatoms. The maximum absolute atomic E-state index is 10.2. The molecule has 0 aromatic heterocycles. The number of rotatable bonds is 3. The first-order valence-electron chi connectivity index (χ1n) is 6.46. The summed E-state index contributed by atoms with van der Waals surface area (Å²) in [5, 5.41) is 30.0. The smallest absolute Gasteiger partial charge is 0.127 e. The fourth-order valence-corrected chi connectivity index (χ4v) is 2.29. The normalized spacial score (nSPS) is 10.8. The molecule has 0 spiro atoms. The molecule has 0 aliphatic rings. The van der Waals surface area contributed by atoms with E-state index < -0.39 is 0 Å². The van der Waals surface area contributed by atoms with Crippen molar-refractivity contribution < 1.29 is 15.3 Å². The number of phenolic OH excluding ortho intramolecular Hbond substituents is 3. The van der Waals surface area contributed by atoms with Gasteiger partial charge in [0.05, 0.1) is 0 Å². The molecule has 0 saturated heterocycles. The number of phenols is 3. The summed E-state index contributed by atoms with van der Waals surface area (Å²) in [7, 11) is 0. The van der Waals surface area contributed by atoms with Crippen LogP contribution in [0, 0.1) is 13.8 Å². The molecule has 0 fully saturated rings. The second-order valence-electron chi connectivity index (χ2n) is 4.98. The lowest BCUT2D eigenvalue weighted by Gasteiger charge is -2.14. The minimum absolute atomic E-state index is 0.00666. The summed E-state index contributed by atoms with van der Waals surface area (Å²) in [6, 6.07) is 6.95. The van der Waals surface area contributed by atoms with Crippen molar-refractivity contribution >= 4 is 0 Å². The maximum Gasteiger partial charge on any atom is 0.127 e. The van der Waals surface area contributed by atoms with Crippen molar-refractivity contribution in [3.63, 3.8) is 0 Å². The van der Waals surface area contributed by atoms with Crippen molar-refractivity contribution in [2.45, 2.75) is 26.8 Å². The van der Waals surface area contributed by atoms with Crippen LogP contribution in [0.4, 0.5) is 0 Å². The summed E-state index contributed by atoms with van der Waals surface area (Å²) >= 11 is 0. The van der Waals surface area contributed by atoms with E-state index in [1.807, 2.05) is 26.0 Å². The molecule has 0 aliphatic carbocycles. The van der Waals surface area contributed by atoms with E-state index in [2.05, 4.69) is 0 Å². The van der Waals surface area contributed by atoms with Crippen LogP contribution in [0.3, 0.4) is 0 Å². The lowest BCUT2D eigenvalue weighted by molar-refractivity contribution is 0.434. The number of hydrogen-bond acceptors (Lipinski definition) is 4. The summed E-state index contributed by atoms with van der Waals surface area (Å²) < 4.78 is 0. The van der Waals surface area contributed by atoms with Crippen LogP contribution in [-0.4, -0.2) is 15.3 Å². The van der Waals surface area contributed by atoms with Crippen molar-refractivity contribution in [1.82, 2.24) is 0 Å². The number of aromatic hydroxyl groups is 3. The van der Waals surface area contributed by atoms with Gasteiger partial charge in [-0.25, -0.2) is 0 Å². The minimum atomic E-state index is -0.0149. The molecular weight excluding hydrogens is 254 g/mol. The monoisotopic (exact) mass is 273 g/mol. The Labute approximate surface area is 118 Å². The quantitative estimate of drug-likeness (QED) is 0.692. The van der Waals surface area contributed by atoms with Gasteiger partial charge in [0.25, 0.3) is 0 Å². The van der Waals surface area contributed by atoms with Gasteiger partial charge in [-0.1, -0.05) is 18.2 Å². The van der Waals surface area contributed by atoms with Crippen molar-refractivity contribution in [3.05, 3.63) is 52.1 Å². The third-order valence-electron chi connectivity index (χ3n) is 3.63. The summed E-state index contributed by atoms with van der Waals surface area (Å²) in [6.07, 6.45) is 0.387. The zero-order chi connectivity index (χ0) is 14.9. The Balaban J connectivity index is 2.49. The predicted octanol–water partition coefficient (Wildman–Crippen LogP) is 2.47. The van der Waals surface area contributed by atoms with E-state index in [0.717, 1.165) is 16.7 Å². The third kappa shape index (κ3) is 2.42. The number of aryl methyl sites for hydroxylation is 2. The molecule has 2 aromatic rings. The lowest BCUT2D eigenvalue weighted by Crippen LogP contribution is -2.01. The molecule has 5 N–H and O–H groups in total. The standard InChI is InChI=1S/C16H19NO3/c1-9-3-4-10(2)15(19)12(9)7-11-5-6-14(18)13(8-17)16(11)20/h3-6,18-20H,7-8,17H2,1-2H3. The molecule has 0 atom stereocenters. The first-order chi connectivity index (χ1) is 9.45. The highest BCUT2D eigenvalue weighted by Gasteiger charge is 2.15. The topological polar surface area (TPSA) is 86.7 Å². The molecule has 0 heterocycles. The molecule has 106 valence electrons. The Kier molecular flexibility index (Phi) is 3.86. The highest BCUT2D eigenvalue weighted by Crippen LogP contribution is 2.34. The van der Waals surface area contributed by atoms with Gasteiger partial charge in [-0.3, -0.25) is 0 Å². The van der Waals surface area contributed by atoms with Gasteiger partial charge in [-0.2, -0.15) is 0 Å². The summed E-state index contributed by atoms with van der Waals surface area (Å²) in [5.74, 6) is 0.221. The molecule has 2 rings (SSSR count). The molecule has 4 nitrogen and oxygen atoms in total. The van der Waals surface area contributed by atoms with Gasteiger partial charge in [-0.15, -0.1) is 0 Å². The van der Waals surface area contributed by atoms with Crippen LogP contribution in [0.5, 0.6) is 17.2 Å². The van der Waals surface area contributed by atoms with Crippen molar-refractivity contribution in [2.75, 3.05) is 0 Å². The van der Waals surface area contributed by atoms with E-state index in [0.29, 0.717) is 17.5 Å². The Hall–Kier alpha value is -2.20. The predicted molar refractivity (Wildman–Crippen MR) is 78.0 cm³/mol. The summed E-state index contributed by atoms with van der Waals surface area (Å²) in [5.41, 5.74) is 9.01. The van der Waals surface area contributed by atoms with Crippen LogP contribution in [0.15, 0.2) is 24.3 Å². The zero-order valence-corrected chi connectivity index (χ0v) is 11.6. The van der Waals surface area contributed by atoms with Crippen LogP contribution in [0.25, 0.3) is 0 Å². The second-order valence-corrected chi connectivity index (χ2v) is 4.98. The Bertz CT molecular complexity index is 651. The number of nitrogens with two attached hydrogens (primary N) is 1. The molecule has 0 amide bonds. The van der Waals surface area contributed by atoms with E-state index >= 15 is 0 Å².